The molecule has 346 valence electrons. The van der Waals surface area contributed by atoms with Crippen LogP contribution in [-0.2, 0) is 28.6 Å². The number of quaternary nitrogens is 1. The van der Waals surface area contributed by atoms with Gasteiger partial charge in [-0.15, -0.1) is 0 Å². The maximum Gasteiger partial charge on any atom is 0.306 e. The van der Waals surface area contributed by atoms with Crippen LogP contribution >= 0.6 is 0 Å². The molecule has 0 aliphatic rings. The molecule has 0 radical (unpaired) electrons. The van der Waals surface area contributed by atoms with Crippen LogP contribution in [0.15, 0.2) is 60.8 Å². The van der Waals surface area contributed by atoms with Crippen LogP contribution in [0.1, 0.15) is 200 Å². The topological polar surface area (TPSA) is 102 Å². The average molecular weight is 842 g/mol. The van der Waals surface area contributed by atoms with Gasteiger partial charge >= 0.3 is 11.9 Å². The van der Waals surface area contributed by atoms with Gasteiger partial charge < -0.3 is 28.6 Å². The van der Waals surface area contributed by atoms with Crippen molar-refractivity contribution in [2.24, 2.45) is 0 Å². The third-order valence-electron chi connectivity index (χ3n) is 10.7. The summed E-state index contributed by atoms with van der Waals surface area (Å²) in [6.45, 7) is 4.58. The fourth-order valence-corrected chi connectivity index (χ4v) is 6.84. The van der Waals surface area contributed by atoms with Gasteiger partial charge in [0.1, 0.15) is 12.6 Å². The average Bonchev–Trinajstić information content (AvgIpc) is 3.21. The number of carboxylic acids is 1. The molecule has 2 atom stereocenters. The molecule has 0 saturated carbocycles. The lowest BCUT2D eigenvalue weighted by Gasteiger charge is -2.34. The third kappa shape index (κ3) is 40.4. The standard InChI is InChI=1S/C52H91NO7/c1-6-8-10-12-14-16-18-20-22-24-25-27-29-31-33-35-37-39-41-43-51(55)60-48(46-58-45-44-49(52(56)57)53(3,4)5)47-59-50(54)42-40-38-36-34-32-30-28-26-23-21-19-17-15-13-11-9-7-2/h14,16,18,20-21,23,28,30,34,36,48-49H,6-13,15,17,19,22,24-27,29,31-33,35,37-47H2,1-5H3/b16-14+,20-18+,23-21+,30-28+,36-34+. The Bertz CT molecular complexity index is 1170. The second kappa shape index (κ2) is 42.7. The van der Waals surface area contributed by atoms with Crippen LogP contribution in [-0.4, -0.2) is 75.5 Å². The van der Waals surface area contributed by atoms with Crippen LogP contribution in [0.2, 0.25) is 0 Å². The predicted molar refractivity (Wildman–Crippen MR) is 249 cm³/mol. The van der Waals surface area contributed by atoms with Crippen molar-refractivity contribution in [3.05, 3.63) is 60.8 Å². The molecule has 0 aromatic carbocycles. The van der Waals surface area contributed by atoms with Crippen molar-refractivity contribution in [3.63, 3.8) is 0 Å². The number of ether oxygens (including phenoxy) is 3. The van der Waals surface area contributed by atoms with E-state index in [1.807, 2.05) is 0 Å². The fourth-order valence-electron chi connectivity index (χ4n) is 6.84. The molecule has 0 aliphatic heterocycles. The van der Waals surface area contributed by atoms with E-state index in [1.165, 1.54) is 116 Å². The normalized spacial score (nSPS) is 13.4. The second-order valence-electron chi connectivity index (χ2n) is 17.4. The summed E-state index contributed by atoms with van der Waals surface area (Å²) in [4.78, 5) is 36.9. The number of hydrogen-bond donors (Lipinski definition) is 0. The number of allylic oxidation sites excluding steroid dienone is 10. The van der Waals surface area contributed by atoms with Gasteiger partial charge in [0, 0.05) is 19.3 Å². The molecule has 8 nitrogen and oxygen atoms in total. The molecule has 0 amide bonds. The van der Waals surface area contributed by atoms with E-state index in [0.717, 1.165) is 44.9 Å². The number of carbonyl (C=O) groups is 3. The van der Waals surface area contributed by atoms with Crippen LogP contribution in [0.3, 0.4) is 0 Å². The lowest BCUT2D eigenvalue weighted by Crippen LogP contribution is -2.55. The molecule has 0 N–H and O–H groups in total. The van der Waals surface area contributed by atoms with E-state index >= 15 is 0 Å². The highest BCUT2D eigenvalue weighted by molar-refractivity contribution is 5.70. The van der Waals surface area contributed by atoms with Crippen molar-refractivity contribution in [3.8, 4) is 0 Å². The van der Waals surface area contributed by atoms with Crippen molar-refractivity contribution in [1.29, 1.82) is 0 Å². The minimum absolute atomic E-state index is 0.0222. The van der Waals surface area contributed by atoms with E-state index in [-0.39, 0.29) is 49.1 Å². The summed E-state index contributed by atoms with van der Waals surface area (Å²) < 4.78 is 17.2. The summed E-state index contributed by atoms with van der Waals surface area (Å²) in [6.07, 6.45) is 52.5. The maximum atomic E-state index is 12.8. The Balaban J connectivity index is 4.37. The lowest BCUT2D eigenvalue weighted by atomic mass is 10.1. The van der Waals surface area contributed by atoms with Gasteiger partial charge in [0.2, 0.25) is 0 Å². The Morgan fingerprint density at radius 3 is 1.48 bits per heavy atom. The van der Waals surface area contributed by atoms with Gasteiger partial charge in [0.25, 0.3) is 0 Å². The van der Waals surface area contributed by atoms with Crippen LogP contribution < -0.4 is 5.11 Å². The Labute approximate surface area is 368 Å². The lowest BCUT2D eigenvalue weighted by molar-refractivity contribution is -0.889. The van der Waals surface area contributed by atoms with Gasteiger partial charge in [0.05, 0.1) is 40.3 Å². The first-order valence-electron chi connectivity index (χ1n) is 24.3. The number of carbonyl (C=O) groups excluding carboxylic acids is 3. The first-order chi connectivity index (χ1) is 29.1. The summed E-state index contributed by atoms with van der Waals surface area (Å²) in [5.41, 5.74) is 0. The zero-order chi connectivity index (χ0) is 44.2. The molecule has 0 aromatic rings. The highest BCUT2D eigenvalue weighted by Gasteiger charge is 2.25. The molecule has 0 saturated heterocycles. The Morgan fingerprint density at radius 1 is 0.517 bits per heavy atom. The van der Waals surface area contributed by atoms with Crippen LogP contribution in [0, 0.1) is 0 Å². The number of hydrogen-bond acceptors (Lipinski definition) is 7. The molecule has 8 heteroatoms. The minimum atomic E-state index is -1.13. The molecule has 60 heavy (non-hydrogen) atoms. The predicted octanol–water partition coefficient (Wildman–Crippen LogP) is 12.4. The monoisotopic (exact) mass is 842 g/mol. The van der Waals surface area contributed by atoms with Gasteiger partial charge in [0.15, 0.2) is 6.10 Å². The smallest absolute Gasteiger partial charge is 0.306 e. The largest absolute Gasteiger partial charge is 0.544 e. The van der Waals surface area contributed by atoms with E-state index in [1.54, 1.807) is 21.1 Å². The van der Waals surface area contributed by atoms with Crippen LogP contribution in [0.4, 0.5) is 0 Å². The molecule has 0 bridgehead atoms. The van der Waals surface area contributed by atoms with Gasteiger partial charge in [-0.25, -0.2) is 0 Å². The zero-order valence-electron chi connectivity index (χ0n) is 39.4. The Kier molecular flexibility index (Phi) is 40.6. The van der Waals surface area contributed by atoms with Crippen LogP contribution in [0.25, 0.3) is 0 Å². The van der Waals surface area contributed by atoms with E-state index in [9.17, 15) is 19.5 Å². The number of nitrogens with zero attached hydrogens (tertiary/aromatic N) is 1. The first-order valence-corrected chi connectivity index (χ1v) is 24.3. The SMILES string of the molecule is CCCCC/C=C/C=C/CCCCCCCCCCCCC(=O)OC(COCCC(C(=O)[O-])[N+](C)(C)C)COC(=O)CCC/C=C/C/C=C/C/C=C/CCCCCCCC. The zero-order valence-corrected chi connectivity index (χ0v) is 39.4. The highest BCUT2D eigenvalue weighted by atomic mass is 16.6. The van der Waals surface area contributed by atoms with E-state index in [0.29, 0.717) is 12.8 Å². The minimum Gasteiger partial charge on any atom is -0.544 e. The van der Waals surface area contributed by atoms with Crippen molar-refractivity contribution in [2.75, 3.05) is 41.0 Å². The summed E-state index contributed by atoms with van der Waals surface area (Å²) in [7, 11) is 5.39. The van der Waals surface area contributed by atoms with E-state index in [4.69, 9.17) is 14.2 Å². The van der Waals surface area contributed by atoms with E-state index < -0.39 is 18.1 Å². The summed E-state index contributed by atoms with van der Waals surface area (Å²) in [5, 5.41) is 11.6. The number of aliphatic carboxylic acids is 1. The molecule has 2 unspecified atom stereocenters. The van der Waals surface area contributed by atoms with Crippen molar-refractivity contribution < 1.29 is 38.2 Å². The molecule has 0 fully saturated rings. The van der Waals surface area contributed by atoms with E-state index in [2.05, 4.69) is 74.6 Å². The van der Waals surface area contributed by atoms with Crippen LogP contribution in [0.5, 0.6) is 0 Å². The molecule has 0 rings (SSSR count). The van der Waals surface area contributed by atoms with Gasteiger partial charge in [-0.1, -0.05) is 171 Å². The fraction of sp³-hybridized carbons (Fsp3) is 0.750. The number of unbranched alkanes of at least 4 members (excludes halogenated alkanes) is 20. The maximum absolute atomic E-state index is 12.8. The van der Waals surface area contributed by atoms with Crippen molar-refractivity contribution >= 4 is 17.9 Å². The van der Waals surface area contributed by atoms with Gasteiger partial charge in [-0.05, 0) is 70.6 Å². The van der Waals surface area contributed by atoms with Crippen molar-refractivity contribution in [2.45, 2.75) is 212 Å². The Morgan fingerprint density at radius 2 is 0.950 bits per heavy atom. The van der Waals surface area contributed by atoms with Gasteiger partial charge in [-0.2, -0.15) is 0 Å². The molecule has 0 spiro atoms. The second-order valence-corrected chi connectivity index (χ2v) is 17.4. The quantitative estimate of drug-likeness (QED) is 0.0198. The summed E-state index contributed by atoms with van der Waals surface area (Å²) >= 11 is 0. The summed E-state index contributed by atoms with van der Waals surface area (Å²) in [5.74, 6) is -1.81. The molecule has 0 aliphatic carbocycles. The Hall–Kier alpha value is -2.97. The number of esters is 2. The van der Waals surface area contributed by atoms with Crippen molar-refractivity contribution in [1.82, 2.24) is 0 Å². The first kappa shape index (κ1) is 57.0. The molecular weight excluding hydrogens is 751 g/mol. The van der Waals surface area contributed by atoms with Gasteiger partial charge in [-0.3, -0.25) is 9.59 Å². The molecule has 0 aromatic heterocycles. The number of rotatable bonds is 43. The summed E-state index contributed by atoms with van der Waals surface area (Å²) in [6, 6.07) is -0.735. The molecule has 0 heterocycles. The number of likely N-dealkylation sites (N-methyl/N-ethyl adjacent to an activating group) is 1. The number of carboxylic acid groups (broad SMARTS) is 1. The highest BCUT2D eigenvalue weighted by Crippen LogP contribution is 2.14. The third-order valence-corrected chi connectivity index (χ3v) is 10.7. The molecular formula is C52H91NO7.